The van der Waals surface area contributed by atoms with Crippen molar-refractivity contribution in [3.05, 3.63) is 63.4 Å². The van der Waals surface area contributed by atoms with E-state index in [1.807, 2.05) is 30.3 Å². The molecule has 0 aliphatic carbocycles. The van der Waals surface area contributed by atoms with Crippen LogP contribution in [0.5, 0.6) is 0 Å². The summed E-state index contributed by atoms with van der Waals surface area (Å²) in [5, 5.41) is 35.2. The van der Waals surface area contributed by atoms with Gasteiger partial charge in [0.1, 0.15) is 37.6 Å². The molecule has 1 amide bonds. The third kappa shape index (κ3) is 11.9. The third-order valence-electron chi connectivity index (χ3n) is 12.1. The molecule has 7 rings (SSSR count). The molecule has 25 heteroatoms. The molecule has 2 fully saturated rings. The standard InChI is InChI=1S/C47H57N3O22/c1-6-47(30-18-32-35-28(17-27-9-7-8-10-31(27)49-35)19-50(32)42(58)29(30)21-65-45(47)59)72-46(60)48-11-12-61-13-14-62-15-16-63-44-41(71-43-37(57)39(67-25(4)54)36(56)33(20-51)69-43)40(68-26(5)55)38(66-24(3)53)34(70-44)22-64-23(2)52/h7-10,17-18,33-34,36-41,43-44,51,56-57H,6,11-16,19-22H2,1-5H3,(H,48,60)/t33-,34-,36-,37-,38-,39+,40+,41+,43-,44-,47+/m1/s1. The summed E-state index contributed by atoms with van der Waals surface area (Å²) in [6.07, 6.45) is -17.1. The van der Waals surface area contributed by atoms with Gasteiger partial charge in [-0.1, -0.05) is 25.1 Å². The van der Waals surface area contributed by atoms with Crippen molar-refractivity contribution in [1.82, 2.24) is 14.9 Å². The van der Waals surface area contributed by atoms with Gasteiger partial charge in [-0.05, 0) is 24.6 Å². The molecule has 0 radical (unpaired) electrons. The molecule has 25 nitrogen and oxygen atoms in total. The number of ether oxygens (including phenoxy) is 12. The normalized spacial score (nSPS) is 27.4. The molecule has 0 spiro atoms. The van der Waals surface area contributed by atoms with Gasteiger partial charge in [-0.3, -0.25) is 24.0 Å². The first kappa shape index (κ1) is 53.6. The van der Waals surface area contributed by atoms with Gasteiger partial charge in [0.2, 0.25) is 5.60 Å². The summed E-state index contributed by atoms with van der Waals surface area (Å²) >= 11 is 0. The molecule has 0 unspecified atom stereocenters. The van der Waals surface area contributed by atoms with Crippen LogP contribution in [0.3, 0.4) is 0 Å². The van der Waals surface area contributed by atoms with E-state index in [0.717, 1.165) is 44.2 Å². The van der Waals surface area contributed by atoms with Crippen LogP contribution in [0.15, 0.2) is 41.2 Å². The predicted octanol–water partition coefficient (Wildman–Crippen LogP) is -0.229. The van der Waals surface area contributed by atoms with E-state index in [0.29, 0.717) is 11.4 Å². The van der Waals surface area contributed by atoms with Gasteiger partial charge >= 0.3 is 35.9 Å². The maximum atomic E-state index is 13.8. The minimum Gasteiger partial charge on any atom is -0.463 e. The maximum absolute atomic E-state index is 13.8. The highest BCUT2D eigenvalue weighted by Gasteiger charge is 2.56. The highest BCUT2D eigenvalue weighted by atomic mass is 16.8. The molecule has 1 aromatic carbocycles. The van der Waals surface area contributed by atoms with E-state index in [-0.39, 0.29) is 75.8 Å². The van der Waals surface area contributed by atoms with Crippen LogP contribution in [-0.2, 0) is 99.6 Å². The van der Waals surface area contributed by atoms with Crippen molar-refractivity contribution in [3.63, 3.8) is 0 Å². The minimum atomic E-state index is -1.92. The average molecular weight is 1020 g/mol. The molecular formula is C47H57N3O22. The Hall–Kier alpha value is -6.16. The average Bonchev–Trinajstić information content (AvgIpc) is 3.69. The highest BCUT2D eigenvalue weighted by molar-refractivity contribution is 5.88. The number of nitrogens with zero attached hydrogens (tertiary/aromatic N) is 2. The summed E-state index contributed by atoms with van der Waals surface area (Å²) in [5.41, 5.74) is 0.782. The van der Waals surface area contributed by atoms with E-state index in [1.54, 1.807) is 17.6 Å². The number of amides is 1. The largest absolute Gasteiger partial charge is 0.463 e. The summed E-state index contributed by atoms with van der Waals surface area (Å²) in [6, 6.07) is 11.2. The molecule has 3 aromatic rings. The second-order valence-corrected chi connectivity index (χ2v) is 17.0. The summed E-state index contributed by atoms with van der Waals surface area (Å²) in [4.78, 5) is 93.8. The van der Waals surface area contributed by atoms with Crippen LogP contribution < -0.4 is 10.9 Å². The Balaban J connectivity index is 0.934. The lowest BCUT2D eigenvalue weighted by atomic mass is 9.85. The van der Waals surface area contributed by atoms with Crippen LogP contribution in [0, 0.1) is 0 Å². The lowest BCUT2D eigenvalue weighted by Crippen LogP contribution is -2.66. The van der Waals surface area contributed by atoms with Crippen LogP contribution in [-0.4, -0.2) is 175 Å². The molecule has 4 aliphatic rings. The number of rotatable bonds is 20. The van der Waals surface area contributed by atoms with E-state index in [1.165, 1.54) is 0 Å². The number of aromatic nitrogens is 2. The Bertz CT molecular complexity index is 2550. The first-order valence-electron chi connectivity index (χ1n) is 23.1. The number of alkyl carbamates (subject to hydrolysis) is 1. The van der Waals surface area contributed by atoms with Crippen LogP contribution in [0.25, 0.3) is 22.3 Å². The van der Waals surface area contributed by atoms with Crippen molar-refractivity contribution in [2.75, 3.05) is 52.8 Å². The first-order valence-corrected chi connectivity index (χ1v) is 23.1. The number of nitrogens with one attached hydrogen (secondary N) is 1. The zero-order chi connectivity index (χ0) is 51.9. The Morgan fingerprint density at radius 2 is 1.47 bits per heavy atom. The van der Waals surface area contributed by atoms with Crippen LogP contribution in [0.2, 0.25) is 0 Å². The smallest absolute Gasteiger partial charge is 0.408 e. The summed E-state index contributed by atoms with van der Waals surface area (Å²) in [7, 11) is 0. The number of para-hydroxylation sites is 1. The quantitative estimate of drug-likeness (QED) is 0.0505. The molecule has 6 heterocycles. The number of benzene rings is 1. The summed E-state index contributed by atoms with van der Waals surface area (Å²) in [6.45, 7) is 4.20. The fourth-order valence-electron chi connectivity index (χ4n) is 8.85. The molecule has 4 N–H and O–H groups in total. The van der Waals surface area contributed by atoms with Gasteiger partial charge in [-0.2, -0.15) is 0 Å². The number of esters is 5. The Morgan fingerprint density at radius 1 is 0.806 bits per heavy atom. The van der Waals surface area contributed by atoms with Crippen molar-refractivity contribution in [2.45, 2.75) is 121 Å². The van der Waals surface area contributed by atoms with Crippen LogP contribution >= 0.6 is 0 Å². The number of hydrogen-bond acceptors (Lipinski definition) is 23. The summed E-state index contributed by atoms with van der Waals surface area (Å²) < 4.78 is 69.0. The second-order valence-electron chi connectivity index (χ2n) is 17.0. The zero-order valence-corrected chi connectivity index (χ0v) is 40.0. The number of hydrogen-bond donors (Lipinski definition) is 4. The Morgan fingerprint density at radius 3 is 2.17 bits per heavy atom. The van der Waals surface area contributed by atoms with Gasteiger partial charge in [0.15, 0.2) is 37.0 Å². The van der Waals surface area contributed by atoms with Crippen molar-refractivity contribution in [1.29, 1.82) is 0 Å². The van der Waals surface area contributed by atoms with Crippen LogP contribution in [0.1, 0.15) is 57.7 Å². The van der Waals surface area contributed by atoms with Gasteiger partial charge in [0.25, 0.3) is 5.56 Å². The van der Waals surface area contributed by atoms with E-state index in [9.17, 15) is 48.9 Å². The number of aliphatic hydroxyl groups excluding tert-OH is 3. The molecular weight excluding hydrogens is 959 g/mol. The van der Waals surface area contributed by atoms with Crippen molar-refractivity contribution in [3.8, 4) is 11.4 Å². The molecule has 2 aromatic heterocycles. The topological polar surface area (TPSA) is 321 Å². The molecule has 392 valence electrons. The number of carbonyl (C=O) groups is 6. The molecule has 4 aliphatic heterocycles. The summed E-state index contributed by atoms with van der Waals surface area (Å²) in [5.74, 6) is -4.17. The Labute approximate surface area is 410 Å². The molecule has 11 atom stereocenters. The number of aliphatic hydroxyl groups is 3. The molecule has 72 heavy (non-hydrogen) atoms. The molecule has 2 saturated heterocycles. The second kappa shape index (κ2) is 23.6. The fraction of sp³-hybridized carbons (Fsp3) is 0.574. The first-order chi connectivity index (χ1) is 34.5. The lowest BCUT2D eigenvalue weighted by molar-refractivity contribution is -0.368. The molecule has 0 bridgehead atoms. The number of carbonyl (C=O) groups excluding carboxylic acids is 6. The van der Waals surface area contributed by atoms with Gasteiger partial charge in [-0.15, -0.1) is 0 Å². The van der Waals surface area contributed by atoms with E-state index >= 15 is 0 Å². The highest BCUT2D eigenvalue weighted by Crippen LogP contribution is 2.41. The number of fused-ring (bicyclic) bond motifs is 5. The van der Waals surface area contributed by atoms with Crippen molar-refractivity contribution < 1.29 is 101 Å². The number of pyridine rings is 2. The third-order valence-corrected chi connectivity index (χ3v) is 12.1. The zero-order valence-electron chi connectivity index (χ0n) is 40.0. The van der Waals surface area contributed by atoms with Gasteiger partial charge in [0.05, 0.1) is 68.7 Å². The van der Waals surface area contributed by atoms with E-state index in [4.69, 9.17) is 61.8 Å². The van der Waals surface area contributed by atoms with E-state index in [2.05, 4.69) is 5.32 Å². The van der Waals surface area contributed by atoms with Gasteiger partial charge in [0, 0.05) is 50.8 Å². The number of cyclic esters (lactones) is 1. The van der Waals surface area contributed by atoms with E-state index < -0.39 is 116 Å². The predicted molar refractivity (Wildman–Crippen MR) is 239 cm³/mol. The van der Waals surface area contributed by atoms with Crippen LogP contribution in [0.4, 0.5) is 4.79 Å². The van der Waals surface area contributed by atoms with Crippen molar-refractivity contribution >= 4 is 46.8 Å². The van der Waals surface area contributed by atoms with Gasteiger partial charge in [-0.25, -0.2) is 14.6 Å². The maximum Gasteiger partial charge on any atom is 0.408 e. The molecule has 0 saturated carbocycles. The Kier molecular flexibility index (Phi) is 17.6. The van der Waals surface area contributed by atoms with Gasteiger partial charge < -0.3 is 82.0 Å². The lowest BCUT2D eigenvalue weighted by Gasteiger charge is -2.47. The minimum absolute atomic E-state index is 0.0123. The van der Waals surface area contributed by atoms with Crippen molar-refractivity contribution in [2.24, 2.45) is 0 Å². The SMILES string of the molecule is CC[C@@]1(OC(=O)NCCOCCOCCO[C@@H]2O[C@H](COC(C)=O)[C@@H](OC(C)=O)[C@H](OC(C)=O)[C@@H]2O[C@H]2O[C@H](CO)[C@@H](O)[C@H](OC(C)=O)[C@H]2O)C(=O)OCc2c1cc1n(c2=O)Cc2cc3ccccc3nc2-1. The fourth-order valence-corrected chi connectivity index (χ4v) is 8.85. The monoisotopic (exact) mass is 1020 g/mol.